The molecule has 1 aliphatic carbocycles. The van der Waals surface area contributed by atoms with Crippen molar-refractivity contribution in [1.82, 2.24) is 10.2 Å². The molecule has 2 aliphatic rings. The second-order valence-corrected chi connectivity index (χ2v) is 8.33. The minimum absolute atomic E-state index is 0.152. The first kappa shape index (κ1) is 17.9. The Bertz CT molecular complexity index is 531. The zero-order valence-electron chi connectivity index (χ0n) is 14.5. The Kier molecular flexibility index (Phi) is 6.34. The van der Waals surface area contributed by atoms with Crippen molar-refractivity contribution in [2.24, 2.45) is 0 Å². The molecule has 0 bridgehead atoms. The molecule has 1 saturated heterocycles. The molecule has 1 aromatic carbocycles. The van der Waals surface area contributed by atoms with Gasteiger partial charge in [0.1, 0.15) is 0 Å². The summed E-state index contributed by atoms with van der Waals surface area (Å²) < 4.78 is 1.05. The van der Waals surface area contributed by atoms with Crippen LogP contribution in [0, 0.1) is 0 Å². The molecule has 3 nitrogen and oxygen atoms in total. The smallest absolute Gasteiger partial charge is 0.224 e. The molecule has 1 amide bonds. The van der Waals surface area contributed by atoms with E-state index in [2.05, 4.69) is 26.1 Å². The number of hydrogen-bond donors (Lipinski definition) is 1. The molecule has 0 atom stereocenters. The Labute approximate surface area is 154 Å². The van der Waals surface area contributed by atoms with Gasteiger partial charge in [-0.1, -0.05) is 53.7 Å². The number of amides is 1. The standard InChI is InChI=1S/C20H29BrN2O/c21-18-9-7-17(8-10-18)15-19(24)22-16-20(11-3-1-4-12-20)23-13-5-2-6-14-23/h7-10H,1-6,11-16H2,(H,22,24). The number of piperidine rings is 1. The number of nitrogens with zero attached hydrogens (tertiary/aromatic N) is 1. The SMILES string of the molecule is O=C(Cc1ccc(Br)cc1)NCC1(N2CCCCC2)CCCCC1. The highest BCUT2D eigenvalue weighted by Gasteiger charge is 2.38. The number of halogens is 1. The van der Waals surface area contributed by atoms with Gasteiger partial charge in [-0.3, -0.25) is 9.69 Å². The lowest BCUT2D eigenvalue weighted by Crippen LogP contribution is -2.58. The molecule has 2 fully saturated rings. The molecular weight excluding hydrogens is 364 g/mol. The summed E-state index contributed by atoms with van der Waals surface area (Å²) in [6.45, 7) is 3.24. The Morgan fingerprint density at radius 2 is 1.62 bits per heavy atom. The molecule has 3 rings (SSSR count). The molecule has 0 radical (unpaired) electrons. The Balaban J connectivity index is 1.58. The molecular formula is C20H29BrN2O. The summed E-state index contributed by atoms with van der Waals surface area (Å²) in [5, 5.41) is 3.26. The number of carbonyl (C=O) groups is 1. The third kappa shape index (κ3) is 4.60. The molecule has 0 aromatic heterocycles. The molecule has 1 aliphatic heterocycles. The van der Waals surface area contributed by atoms with E-state index in [0.29, 0.717) is 6.42 Å². The highest BCUT2D eigenvalue weighted by Crippen LogP contribution is 2.35. The van der Waals surface area contributed by atoms with Gasteiger partial charge in [-0.15, -0.1) is 0 Å². The number of carbonyl (C=O) groups excluding carboxylic acids is 1. The van der Waals surface area contributed by atoms with Crippen molar-refractivity contribution in [1.29, 1.82) is 0 Å². The normalized spacial score (nSPS) is 21.4. The topological polar surface area (TPSA) is 32.3 Å². The van der Waals surface area contributed by atoms with Gasteiger partial charge in [0, 0.05) is 16.6 Å². The van der Waals surface area contributed by atoms with Crippen molar-refractivity contribution < 1.29 is 4.79 Å². The van der Waals surface area contributed by atoms with Gasteiger partial charge in [0.05, 0.1) is 6.42 Å². The minimum Gasteiger partial charge on any atom is -0.354 e. The van der Waals surface area contributed by atoms with Crippen molar-refractivity contribution in [3.63, 3.8) is 0 Å². The third-order valence-corrected chi connectivity index (χ3v) is 6.23. The number of likely N-dealkylation sites (tertiary alicyclic amines) is 1. The quantitative estimate of drug-likeness (QED) is 0.809. The van der Waals surface area contributed by atoms with Gasteiger partial charge in [-0.25, -0.2) is 0 Å². The molecule has 1 heterocycles. The van der Waals surface area contributed by atoms with E-state index in [1.54, 1.807) is 0 Å². The molecule has 0 spiro atoms. The van der Waals surface area contributed by atoms with Crippen molar-refractivity contribution in [2.45, 2.75) is 63.3 Å². The lowest BCUT2D eigenvalue weighted by molar-refractivity contribution is -0.121. The number of nitrogens with one attached hydrogen (secondary N) is 1. The van der Waals surface area contributed by atoms with Gasteiger partial charge in [-0.2, -0.15) is 0 Å². The van der Waals surface area contributed by atoms with Crippen molar-refractivity contribution >= 4 is 21.8 Å². The predicted octanol–water partition coefficient (Wildman–Crippen LogP) is 4.30. The minimum atomic E-state index is 0.152. The van der Waals surface area contributed by atoms with E-state index in [1.807, 2.05) is 24.3 Å². The Hall–Kier alpha value is -0.870. The maximum Gasteiger partial charge on any atom is 0.224 e. The molecule has 132 valence electrons. The number of benzene rings is 1. The van der Waals surface area contributed by atoms with Gasteiger partial charge in [0.25, 0.3) is 0 Å². The lowest BCUT2D eigenvalue weighted by Gasteiger charge is -2.48. The molecule has 1 N–H and O–H groups in total. The summed E-state index contributed by atoms with van der Waals surface area (Å²) in [5.74, 6) is 0.152. The van der Waals surface area contributed by atoms with Gasteiger partial charge < -0.3 is 5.32 Å². The number of rotatable bonds is 5. The van der Waals surface area contributed by atoms with Crippen LogP contribution in [0.2, 0.25) is 0 Å². The molecule has 1 aromatic rings. The first-order chi connectivity index (χ1) is 11.7. The van der Waals surface area contributed by atoms with Crippen LogP contribution in [0.15, 0.2) is 28.7 Å². The maximum absolute atomic E-state index is 12.4. The van der Waals surface area contributed by atoms with Crippen LogP contribution in [0.4, 0.5) is 0 Å². The lowest BCUT2D eigenvalue weighted by atomic mass is 9.79. The van der Waals surface area contributed by atoms with Crippen LogP contribution in [-0.2, 0) is 11.2 Å². The van der Waals surface area contributed by atoms with E-state index in [4.69, 9.17) is 0 Å². The van der Waals surface area contributed by atoms with Crippen LogP contribution in [0.3, 0.4) is 0 Å². The van der Waals surface area contributed by atoms with E-state index < -0.39 is 0 Å². The average Bonchev–Trinajstić information content (AvgIpc) is 2.63. The highest BCUT2D eigenvalue weighted by molar-refractivity contribution is 9.10. The largest absolute Gasteiger partial charge is 0.354 e. The third-order valence-electron chi connectivity index (χ3n) is 5.70. The molecule has 4 heteroatoms. The molecule has 0 unspecified atom stereocenters. The van der Waals surface area contributed by atoms with E-state index >= 15 is 0 Å². The van der Waals surface area contributed by atoms with Crippen LogP contribution >= 0.6 is 15.9 Å². The second-order valence-electron chi connectivity index (χ2n) is 7.41. The highest BCUT2D eigenvalue weighted by atomic mass is 79.9. The summed E-state index contributed by atoms with van der Waals surface area (Å²) in [5.41, 5.74) is 1.29. The first-order valence-electron chi connectivity index (χ1n) is 9.44. The monoisotopic (exact) mass is 392 g/mol. The second kappa shape index (κ2) is 8.48. The van der Waals surface area contributed by atoms with Crippen molar-refractivity contribution in [3.05, 3.63) is 34.3 Å². The first-order valence-corrected chi connectivity index (χ1v) is 10.2. The fourth-order valence-corrected chi connectivity index (χ4v) is 4.56. The fourth-order valence-electron chi connectivity index (χ4n) is 4.30. The summed E-state index contributed by atoms with van der Waals surface area (Å²) in [7, 11) is 0. The van der Waals surface area contributed by atoms with Gasteiger partial charge in [0.2, 0.25) is 5.91 Å². The fraction of sp³-hybridized carbons (Fsp3) is 0.650. The van der Waals surface area contributed by atoms with Gasteiger partial charge in [-0.05, 0) is 56.5 Å². The van der Waals surface area contributed by atoms with E-state index in [0.717, 1.165) is 16.6 Å². The summed E-state index contributed by atoms with van der Waals surface area (Å²) in [6.07, 6.45) is 10.9. The van der Waals surface area contributed by atoms with Crippen LogP contribution in [0.5, 0.6) is 0 Å². The summed E-state index contributed by atoms with van der Waals surface area (Å²) in [4.78, 5) is 15.1. The zero-order chi connectivity index (χ0) is 16.8. The van der Waals surface area contributed by atoms with Gasteiger partial charge in [0.15, 0.2) is 0 Å². The summed E-state index contributed by atoms with van der Waals surface area (Å²) >= 11 is 3.44. The Morgan fingerprint density at radius 3 is 2.29 bits per heavy atom. The van der Waals surface area contributed by atoms with Crippen LogP contribution < -0.4 is 5.32 Å². The Morgan fingerprint density at radius 1 is 1.00 bits per heavy atom. The van der Waals surface area contributed by atoms with Crippen molar-refractivity contribution in [2.75, 3.05) is 19.6 Å². The number of hydrogen-bond acceptors (Lipinski definition) is 2. The van der Waals surface area contributed by atoms with E-state index in [1.165, 1.54) is 64.5 Å². The summed E-state index contributed by atoms with van der Waals surface area (Å²) in [6, 6.07) is 8.04. The van der Waals surface area contributed by atoms with E-state index in [-0.39, 0.29) is 11.4 Å². The van der Waals surface area contributed by atoms with Crippen molar-refractivity contribution in [3.8, 4) is 0 Å². The predicted molar refractivity (Wildman–Crippen MR) is 102 cm³/mol. The average molecular weight is 393 g/mol. The van der Waals surface area contributed by atoms with Crippen LogP contribution in [0.25, 0.3) is 0 Å². The molecule has 24 heavy (non-hydrogen) atoms. The van der Waals surface area contributed by atoms with Crippen LogP contribution in [0.1, 0.15) is 56.9 Å². The maximum atomic E-state index is 12.4. The van der Waals surface area contributed by atoms with E-state index in [9.17, 15) is 4.79 Å². The van der Waals surface area contributed by atoms with Crippen LogP contribution in [-0.4, -0.2) is 36.0 Å². The zero-order valence-corrected chi connectivity index (χ0v) is 16.1. The van der Waals surface area contributed by atoms with Gasteiger partial charge >= 0.3 is 0 Å². The molecule has 1 saturated carbocycles.